The summed E-state index contributed by atoms with van der Waals surface area (Å²) in [6.07, 6.45) is 0. The summed E-state index contributed by atoms with van der Waals surface area (Å²) in [4.78, 5) is 14.2. The van der Waals surface area contributed by atoms with Gasteiger partial charge in [-0.1, -0.05) is 21.0 Å². The summed E-state index contributed by atoms with van der Waals surface area (Å²) >= 11 is 3.37. The van der Waals surface area contributed by atoms with Gasteiger partial charge in [-0.15, -0.1) is 5.10 Å². The Morgan fingerprint density at radius 1 is 1.04 bits per heavy atom. The number of hydrogen-bond donors (Lipinski definition) is 1. The van der Waals surface area contributed by atoms with E-state index < -0.39 is 0 Å². The van der Waals surface area contributed by atoms with Crippen molar-refractivity contribution in [2.75, 3.05) is 24.3 Å². The minimum atomic E-state index is -0.300. The summed E-state index contributed by atoms with van der Waals surface area (Å²) < 4.78 is 6.44. The van der Waals surface area contributed by atoms with E-state index in [1.165, 1.54) is 0 Å². The fourth-order valence-corrected chi connectivity index (χ4v) is 2.33. The van der Waals surface area contributed by atoms with Gasteiger partial charge in [-0.3, -0.25) is 10.1 Å². The molecular formula is C17H15BrN4O2. The van der Waals surface area contributed by atoms with Crippen LogP contribution < -0.4 is 10.2 Å². The second-order valence-electron chi connectivity index (χ2n) is 5.31. The number of nitrogens with zero attached hydrogens (tertiary/aromatic N) is 3. The van der Waals surface area contributed by atoms with Gasteiger partial charge in [0.1, 0.15) is 0 Å². The van der Waals surface area contributed by atoms with E-state index >= 15 is 0 Å². The minimum Gasteiger partial charge on any atom is -0.403 e. The molecule has 0 aliphatic rings. The number of amides is 1. The zero-order valence-electron chi connectivity index (χ0n) is 13.2. The number of rotatable bonds is 4. The van der Waals surface area contributed by atoms with E-state index in [0.717, 1.165) is 15.7 Å². The third-order valence-corrected chi connectivity index (χ3v) is 3.91. The van der Waals surface area contributed by atoms with Crippen LogP contribution in [0.1, 0.15) is 10.4 Å². The first-order valence-corrected chi connectivity index (χ1v) is 8.00. The number of carbonyl (C=O) groups is 1. The highest BCUT2D eigenvalue weighted by Crippen LogP contribution is 2.22. The van der Waals surface area contributed by atoms with Crippen molar-refractivity contribution < 1.29 is 9.21 Å². The van der Waals surface area contributed by atoms with Crippen LogP contribution in [0.2, 0.25) is 0 Å². The molecule has 1 aromatic heterocycles. The van der Waals surface area contributed by atoms with Gasteiger partial charge in [-0.05, 0) is 48.5 Å². The quantitative estimate of drug-likeness (QED) is 0.737. The van der Waals surface area contributed by atoms with Crippen molar-refractivity contribution in [3.05, 3.63) is 58.6 Å². The Balaban J connectivity index is 1.72. The Hall–Kier alpha value is -2.67. The maximum atomic E-state index is 12.2. The normalized spacial score (nSPS) is 10.5. The maximum Gasteiger partial charge on any atom is 0.322 e. The molecule has 0 unspecified atom stereocenters. The third-order valence-electron chi connectivity index (χ3n) is 3.38. The Kier molecular flexibility index (Phi) is 4.61. The molecule has 0 fully saturated rings. The number of benzene rings is 2. The standard InChI is InChI=1S/C17H15BrN4O2/c1-22(2)14-9-5-11(6-10-14)15(23)19-17-21-20-16(24-17)12-3-7-13(18)8-4-12/h3-10H,1-2H3,(H,19,21,23). The van der Waals surface area contributed by atoms with Crippen LogP contribution in [0.3, 0.4) is 0 Å². The molecule has 0 saturated carbocycles. The highest BCUT2D eigenvalue weighted by molar-refractivity contribution is 9.10. The first kappa shape index (κ1) is 16.2. The van der Waals surface area contributed by atoms with Crippen LogP contribution in [-0.2, 0) is 0 Å². The predicted octanol–water partition coefficient (Wildman–Crippen LogP) is 3.82. The molecule has 1 N–H and O–H groups in total. The molecule has 0 spiro atoms. The van der Waals surface area contributed by atoms with Gasteiger partial charge in [-0.2, -0.15) is 0 Å². The van der Waals surface area contributed by atoms with Crippen LogP contribution in [0.15, 0.2) is 57.4 Å². The molecule has 24 heavy (non-hydrogen) atoms. The van der Waals surface area contributed by atoms with E-state index in [0.29, 0.717) is 11.5 Å². The maximum absolute atomic E-state index is 12.2. The average molecular weight is 387 g/mol. The van der Waals surface area contributed by atoms with Crippen LogP contribution in [0, 0.1) is 0 Å². The van der Waals surface area contributed by atoms with Gasteiger partial charge in [0.15, 0.2) is 0 Å². The summed E-state index contributed by atoms with van der Waals surface area (Å²) in [5, 5.41) is 10.4. The van der Waals surface area contributed by atoms with Gasteiger partial charge < -0.3 is 9.32 Å². The SMILES string of the molecule is CN(C)c1ccc(C(=O)Nc2nnc(-c3ccc(Br)cc3)o2)cc1. The molecular weight excluding hydrogens is 372 g/mol. The average Bonchev–Trinajstić information content (AvgIpc) is 3.04. The molecule has 0 atom stereocenters. The topological polar surface area (TPSA) is 71.3 Å². The molecule has 1 heterocycles. The lowest BCUT2D eigenvalue weighted by Gasteiger charge is -2.12. The number of aromatic nitrogens is 2. The summed E-state index contributed by atoms with van der Waals surface area (Å²) in [5.74, 6) is 0.0482. The number of hydrogen-bond acceptors (Lipinski definition) is 5. The van der Waals surface area contributed by atoms with Crippen LogP contribution in [-0.4, -0.2) is 30.2 Å². The van der Waals surface area contributed by atoms with E-state index in [1.54, 1.807) is 12.1 Å². The molecule has 1 amide bonds. The third kappa shape index (κ3) is 3.62. The lowest BCUT2D eigenvalue weighted by molar-refractivity contribution is 0.102. The van der Waals surface area contributed by atoms with Crippen molar-refractivity contribution >= 4 is 33.5 Å². The summed E-state index contributed by atoms with van der Waals surface area (Å²) in [7, 11) is 3.88. The van der Waals surface area contributed by atoms with Gasteiger partial charge in [0.05, 0.1) is 0 Å². The molecule has 6 nitrogen and oxygen atoms in total. The largest absolute Gasteiger partial charge is 0.403 e. The fraction of sp³-hybridized carbons (Fsp3) is 0.118. The lowest BCUT2D eigenvalue weighted by atomic mass is 10.2. The molecule has 0 aliphatic heterocycles. The van der Waals surface area contributed by atoms with Crippen molar-refractivity contribution in [1.82, 2.24) is 10.2 Å². The zero-order chi connectivity index (χ0) is 17.1. The van der Waals surface area contributed by atoms with E-state index in [4.69, 9.17) is 4.42 Å². The number of nitrogens with one attached hydrogen (secondary N) is 1. The van der Waals surface area contributed by atoms with Gasteiger partial charge >= 0.3 is 6.01 Å². The van der Waals surface area contributed by atoms with E-state index in [-0.39, 0.29) is 11.9 Å². The number of anilines is 2. The van der Waals surface area contributed by atoms with Crippen LogP contribution >= 0.6 is 15.9 Å². The highest BCUT2D eigenvalue weighted by atomic mass is 79.9. The molecule has 2 aromatic carbocycles. The first-order chi connectivity index (χ1) is 11.5. The second-order valence-corrected chi connectivity index (χ2v) is 6.23. The number of carbonyl (C=O) groups excluding carboxylic acids is 1. The van der Waals surface area contributed by atoms with Crippen molar-refractivity contribution in [1.29, 1.82) is 0 Å². The van der Waals surface area contributed by atoms with Crippen LogP contribution in [0.5, 0.6) is 0 Å². The molecule has 0 radical (unpaired) electrons. The molecule has 3 rings (SSSR count). The zero-order valence-corrected chi connectivity index (χ0v) is 14.7. The fourth-order valence-electron chi connectivity index (χ4n) is 2.06. The predicted molar refractivity (Wildman–Crippen MR) is 96.2 cm³/mol. The van der Waals surface area contributed by atoms with Crippen LogP contribution in [0.25, 0.3) is 11.5 Å². The van der Waals surface area contributed by atoms with Crippen molar-refractivity contribution in [3.63, 3.8) is 0 Å². The van der Waals surface area contributed by atoms with Crippen molar-refractivity contribution in [2.45, 2.75) is 0 Å². The molecule has 3 aromatic rings. The van der Waals surface area contributed by atoms with Gasteiger partial charge in [0.25, 0.3) is 5.91 Å². The molecule has 122 valence electrons. The summed E-state index contributed by atoms with van der Waals surface area (Å²) in [6, 6.07) is 14.8. The first-order valence-electron chi connectivity index (χ1n) is 7.21. The Morgan fingerprint density at radius 3 is 2.33 bits per heavy atom. The summed E-state index contributed by atoms with van der Waals surface area (Å²) in [6.45, 7) is 0. The van der Waals surface area contributed by atoms with Crippen molar-refractivity contribution in [3.8, 4) is 11.5 Å². The Labute approximate surface area is 147 Å². The van der Waals surface area contributed by atoms with E-state index in [1.807, 2.05) is 55.4 Å². The monoisotopic (exact) mass is 386 g/mol. The van der Waals surface area contributed by atoms with Crippen molar-refractivity contribution in [2.24, 2.45) is 0 Å². The smallest absolute Gasteiger partial charge is 0.322 e. The van der Waals surface area contributed by atoms with E-state index in [9.17, 15) is 4.79 Å². The number of halogens is 1. The Morgan fingerprint density at radius 2 is 1.71 bits per heavy atom. The lowest BCUT2D eigenvalue weighted by Crippen LogP contribution is -2.13. The highest BCUT2D eigenvalue weighted by Gasteiger charge is 2.13. The van der Waals surface area contributed by atoms with Crippen LogP contribution in [0.4, 0.5) is 11.7 Å². The van der Waals surface area contributed by atoms with E-state index in [2.05, 4.69) is 31.4 Å². The molecule has 7 heteroatoms. The molecule has 0 bridgehead atoms. The second kappa shape index (κ2) is 6.84. The molecule has 0 aliphatic carbocycles. The minimum absolute atomic E-state index is 0.0644. The van der Waals surface area contributed by atoms with Gasteiger partial charge in [-0.25, -0.2) is 0 Å². The summed E-state index contributed by atoms with van der Waals surface area (Å²) in [5.41, 5.74) is 2.31. The molecule has 0 saturated heterocycles. The Bertz CT molecular complexity index is 842. The van der Waals surface area contributed by atoms with Gasteiger partial charge in [0.2, 0.25) is 5.89 Å². The van der Waals surface area contributed by atoms with Gasteiger partial charge in [0, 0.05) is 35.4 Å².